The zero-order valence-corrected chi connectivity index (χ0v) is 22.7. The summed E-state index contributed by atoms with van der Waals surface area (Å²) >= 11 is 0. The third-order valence-corrected chi connectivity index (χ3v) is 8.92. The molecule has 1 unspecified atom stereocenters. The standard InChI is InChI=1S/C26H50N4S2/c1-3-5-6-7-8-9-10-11-12-13-14-15-16-17-18-21-25-28-29-26(32-31-4-2)30(25)24-20-19-22-27-23-24/h24,27H,3-23H2,1-2H3. The monoisotopic (exact) mass is 482 g/mol. The van der Waals surface area contributed by atoms with Crippen molar-refractivity contribution in [2.75, 3.05) is 18.8 Å². The molecule has 1 saturated heterocycles. The van der Waals surface area contributed by atoms with E-state index in [4.69, 9.17) is 0 Å². The number of nitrogens with one attached hydrogen (secondary N) is 1. The number of piperidine rings is 1. The van der Waals surface area contributed by atoms with Gasteiger partial charge < -0.3 is 9.88 Å². The molecule has 0 spiro atoms. The number of aryl methyl sites for hydroxylation is 1. The first-order valence-corrected chi connectivity index (χ1v) is 16.1. The molecule has 6 heteroatoms. The normalized spacial score (nSPS) is 16.6. The van der Waals surface area contributed by atoms with E-state index in [-0.39, 0.29) is 0 Å². The van der Waals surface area contributed by atoms with E-state index in [0.717, 1.165) is 30.4 Å². The van der Waals surface area contributed by atoms with Gasteiger partial charge in [0.25, 0.3) is 0 Å². The van der Waals surface area contributed by atoms with Gasteiger partial charge in [-0.3, -0.25) is 0 Å². The summed E-state index contributed by atoms with van der Waals surface area (Å²) in [6.07, 6.45) is 24.8. The molecule has 186 valence electrons. The Kier molecular flexibility index (Phi) is 16.8. The molecular weight excluding hydrogens is 432 g/mol. The van der Waals surface area contributed by atoms with Gasteiger partial charge in [-0.15, -0.1) is 10.2 Å². The number of unbranched alkanes of at least 4 members (excludes halogenated alkanes) is 14. The first-order chi connectivity index (χ1) is 15.9. The Bertz CT molecular complexity index is 558. The van der Waals surface area contributed by atoms with E-state index in [1.807, 2.05) is 10.8 Å². The minimum absolute atomic E-state index is 0.532. The van der Waals surface area contributed by atoms with Crippen molar-refractivity contribution in [3.05, 3.63) is 5.82 Å². The van der Waals surface area contributed by atoms with Gasteiger partial charge >= 0.3 is 0 Å². The Morgan fingerprint density at radius 1 is 0.812 bits per heavy atom. The van der Waals surface area contributed by atoms with Crippen LogP contribution in [0.1, 0.15) is 135 Å². The first kappa shape index (κ1) is 28.0. The van der Waals surface area contributed by atoms with Crippen LogP contribution >= 0.6 is 21.6 Å². The fraction of sp³-hybridized carbons (Fsp3) is 0.923. The van der Waals surface area contributed by atoms with Crippen molar-refractivity contribution in [1.82, 2.24) is 20.1 Å². The van der Waals surface area contributed by atoms with E-state index in [9.17, 15) is 0 Å². The topological polar surface area (TPSA) is 42.7 Å². The highest BCUT2D eigenvalue weighted by molar-refractivity contribution is 8.76. The fourth-order valence-corrected chi connectivity index (χ4v) is 6.36. The van der Waals surface area contributed by atoms with Crippen LogP contribution in [0.4, 0.5) is 0 Å². The second-order valence-corrected chi connectivity index (χ2v) is 12.0. The molecule has 1 aliphatic heterocycles. The molecule has 0 radical (unpaired) electrons. The van der Waals surface area contributed by atoms with Crippen LogP contribution in [0.5, 0.6) is 0 Å². The van der Waals surface area contributed by atoms with Crippen LogP contribution < -0.4 is 5.32 Å². The van der Waals surface area contributed by atoms with Crippen LogP contribution in [0.2, 0.25) is 0 Å². The number of hydrogen-bond donors (Lipinski definition) is 1. The minimum atomic E-state index is 0.532. The molecule has 32 heavy (non-hydrogen) atoms. The lowest BCUT2D eigenvalue weighted by atomic mass is 10.0. The van der Waals surface area contributed by atoms with Gasteiger partial charge in [-0.1, -0.05) is 115 Å². The summed E-state index contributed by atoms with van der Waals surface area (Å²) in [5, 5.41) is 13.8. The van der Waals surface area contributed by atoms with Crippen molar-refractivity contribution in [1.29, 1.82) is 0 Å². The van der Waals surface area contributed by atoms with Crippen LogP contribution in [0, 0.1) is 0 Å². The summed E-state index contributed by atoms with van der Waals surface area (Å²) in [5.74, 6) is 2.32. The second-order valence-electron chi connectivity index (χ2n) is 9.46. The van der Waals surface area contributed by atoms with Crippen molar-refractivity contribution >= 4 is 21.6 Å². The minimum Gasteiger partial charge on any atom is -0.315 e. The summed E-state index contributed by atoms with van der Waals surface area (Å²) in [5.41, 5.74) is 0. The zero-order valence-electron chi connectivity index (χ0n) is 21.1. The maximum absolute atomic E-state index is 4.60. The molecule has 1 fully saturated rings. The van der Waals surface area contributed by atoms with Gasteiger partial charge in [0.1, 0.15) is 5.82 Å². The molecule has 0 bridgehead atoms. The van der Waals surface area contributed by atoms with Crippen molar-refractivity contribution in [3.8, 4) is 0 Å². The molecule has 0 aromatic carbocycles. The van der Waals surface area contributed by atoms with Crippen LogP contribution in [-0.2, 0) is 6.42 Å². The van der Waals surface area contributed by atoms with Crippen molar-refractivity contribution in [2.24, 2.45) is 0 Å². The molecule has 4 nitrogen and oxygen atoms in total. The second kappa shape index (κ2) is 19.1. The maximum Gasteiger partial charge on any atom is 0.202 e. The van der Waals surface area contributed by atoms with Crippen LogP contribution in [0.3, 0.4) is 0 Å². The Balaban J connectivity index is 1.52. The lowest BCUT2D eigenvalue weighted by molar-refractivity contribution is 0.345. The predicted molar refractivity (Wildman–Crippen MR) is 144 cm³/mol. The Labute approximate surface area is 206 Å². The fourth-order valence-electron chi connectivity index (χ4n) is 4.72. The maximum atomic E-state index is 4.60. The molecule has 1 N–H and O–H groups in total. The number of rotatable bonds is 20. The van der Waals surface area contributed by atoms with Crippen LogP contribution in [-0.4, -0.2) is 33.6 Å². The van der Waals surface area contributed by atoms with E-state index in [1.54, 1.807) is 10.8 Å². The van der Waals surface area contributed by atoms with E-state index >= 15 is 0 Å². The van der Waals surface area contributed by atoms with Gasteiger partial charge in [0.05, 0.1) is 0 Å². The zero-order chi connectivity index (χ0) is 22.7. The average Bonchev–Trinajstić information content (AvgIpc) is 3.23. The summed E-state index contributed by atoms with van der Waals surface area (Å²) < 4.78 is 2.46. The molecule has 0 saturated carbocycles. The summed E-state index contributed by atoms with van der Waals surface area (Å²) in [6.45, 7) is 6.72. The van der Waals surface area contributed by atoms with Crippen molar-refractivity contribution < 1.29 is 0 Å². The highest BCUT2D eigenvalue weighted by Gasteiger charge is 2.22. The van der Waals surface area contributed by atoms with E-state index in [2.05, 4.69) is 33.9 Å². The molecule has 1 atom stereocenters. The lowest BCUT2D eigenvalue weighted by Crippen LogP contribution is -2.32. The van der Waals surface area contributed by atoms with Gasteiger partial charge in [-0.25, -0.2) is 0 Å². The number of aromatic nitrogens is 3. The Morgan fingerprint density at radius 2 is 1.41 bits per heavy atom. The largest absolute Gasteiger partial charge is 0.315 e. The van der Waals surface area contributed by atoms with E-state index < -0.39 is 0 Å². The summed E-state index contributed by atoms with van der Waals surface area (Å²) in [7, 11) is 3.68. The van der Waals surface area contributed by atoms with Crippen LogP contribution in [0.15, 0.2) is 5.16 Å². The highest BCUT2D eigenvalue weighted by Crippen LogP contribution is 2.33. The Hall–Kier alpha value is -0.200. The van der Waals surface area contributed by atoms with Gasteiger partial charge in [-0.2, -0.15) is 0 Å². The molecule has 1 aliphatic rings. The first-order valence-electron chi connectivity index (χ1n) is 13.8. The predicted octanol–water partition coefficient (Wildman–Crippen LogP) is 8.38. The smallest absolute Gasteiger partial charge is 0.202 e. The highest BCUT2D eigenvalue weighted by atomic mass is 33.1. The SMILES string of the molecule is CCCCCCCCCCCCCCCCCc1nnc(SSCC)n1C1CCCNC1. The van der Waals surface area contributed by atoms with E-state index in [0.29, 0.717) is 6.04 Å². The molecule has 1 aromatic heterocycles. The van der Waals surface area contributed by atoms with Gasteiger partial charge in [-0.05, 0) is 36.6 Å². The molecule has 2 heterocycles. The number of hydrogen-bond acceptors (Lipinski definition) is 5. The molecule has 0 aliphatic carbocycles. The van der Waals surface area contributed by atoms with Gasteiger partial charge in [0.15, 0.2) is 0 Å². The van der Waals surface area contributed by atoms with Crippen molar-refractivity contribution in [3.63, 3.8) is 0 Å². The molecule has 1 aromatic rings. The number of nitrogens with zero attached hydrogens (tertiary/aromatic N) is 3. The average molecular weight is 483 g/mol. The lowest BCUT2D eigenvalue weighted by Gasteiger charge is -2.26. The van der Waals surface area contributed by atoms with Crippen LogP contribution in [0.25, 0.3) is 0 Å². The summed E-state index contributed by atoms with van der Waals surface area (Å²) in [6, 6.07) is 0.532. The molecule has 2 rings (SSSR count). The quantitative estimate of drug-likeness (QED) is 0.149. The van der Waals surface area contributed by atoms with Crippen molar-refractivity contribution in [2.45, 2.75) is 141 Å². The molecule has 0 amide bonds. The van der Waals surface area contributed by atoms with E-state index in [1.165, 1.54) is 115 Å². The summed E-state index contributed by atoms with van der Waals surface area (Å²) in [4.78, 5) is 0. The third kappa shape index (κ3) is 11.8. The van der Waals surface area contributed by atoms with Gasteiger partial charge in [0.2, 0.25) is 5.16 Å². The Morgan fingerprint density at radius 3 is 1.94 bits per heavy atom. The third-order valence-electron chi connectivity index (χ3n) is 6.63. The van der Waals surface area contributed by atoms with Gasteiger partial charge in [0, 0.05) is 24.8 Å². The molecular formula is C26H50N4S2.